The lowest BCUT2D eigenvalue weighted by Crippen LogP contribution is -2.41. The summed E-state index contributed by atoms with van der Waals surface area (Å²) < 4.78 is 0. The minimum atomic E-state index is -0.320. The van der Waals surface area contributed by atoms with Gasteiger partial charge in [-0.3, -0.25) is 5.32 Å². The van der Waals surface area contributed by atoms with Gasteiger partial charge in [0.1, 0.15) is 5.54 Å². The van der Waals surface area contributed by atoms with Crippen molar-refractivity contribution in [1.29, 1.82) is 5.26 Å². The highest BCUT2D eigenvalue weighted by Crippen LogP contribution is 2.11. The molecular weight excluding hydrogens is 168 g/mol. The van der Waals surface area contributed by atoms with Crippen LogP contribution in [0.15, 0.2) is 0 Å². The number of rotatable bonds is 6. The lowest BCUT2D eigenvalue weighted by Gasteiger charge is -2.22. The normalized spacial score (nSPS) is 15.2. The summed E-state index contributed by atoms with van der Waals surface area (Å²) >= 11 is 1.79. The smallest absolute Gasteiger partial charge is 0.104 e. The second kappa shape index (κ2) is 6.33. The van der Waals surface area contributed by atoms with Crippen LogP contribution in [-0.2, 0) is 0 Å². The molecule has 0 bridgehead atoms. The minimum absolute atomic E-state index is 0.320. The number of nitrogens with zero attached hydrogens (tertiary/aromatic N) is 1. The molecular formula is C9H18N2S. The van der Waals surface area contributed by atoms with Gasteiger partial charge in [0.2, 0.25) is 0 Å². The van der Waals surface area contributed by atoms with Crippen molar-refractivity contribution in [2.45, 2.75) is 32.2 Å². The van der Waals surface area contributed by atoms with Gasteiger partial charge in [0.25, 0.3) is 0 Å². The minimum Gasteiger partial charge on any atom is -0.300 e. The Balaban J connectivity index is 3.81. The van der Waals surface area contributed by atoms with E-state index in [4.69, 9.17) is 5.26 Å². The van der Waals surface area contributed by atoms with E-state index in [1.165, 1.54) is 0 Å². The average molecular weight is 186 g/mol. The van der Waals surface area contributed by atoms with Gasteiger partial charge >= 0.3 is 0 Å². The highest BCUT2D eigenvalue weighted by molar-refractivity contribution is 7.98. The summed E-state index contributed by atoms with van der Waals surface area (Å²) in [7, 11) is 0. The average Bonchev–Trinajstić information content (AvgIpc) is 2.11. The molecule has 2 nitrogen and oxygen atoms in total. The molecule has 0 aliphatic rings. The molecule has 1 unspecified atom stereocenters. The van der Waals surface area contributed by atoms with Gasteiger partial charge in [0.05, 0.1) is 6.07 Å². The molecule has 0 aliphatic carbocycles. The van der Waals surface area contributed by atoms with Crippen molar-refractivity contribution in [2.75, 3.05) is 18.6 Å². The van der Waals surface area contributed by atoms with Crippen LogP contribution in [0, 0.1) is 11.3 Å². The van der Waals surface area contributed by atoms with E-state index in [2.05, 4.69) is 24.6 Å². The zero-order valence-corrected chi connectivity index (χ0v) is 9.00. The monoisotopic (exact) mass is 186 g/mol. The molecule has 0 radical (unpaired) electrons. The summed E-state index contributed by atoms with van der Waals surface area (Å²) in [5, 5.41) is 12.2. The third-order valence-corrected chi connectivity index (χ3v) is 2.43. The van der Waals surface area contributed by atoms with E-state index in [1.807, 2.05) is 6.92 Å². The maximum absolute atomic E-state index is 8.92. The number of thioether (sulfide) groups is 1. The summed E-state index contributed by atoms with van der Waals surface area (Å²) in [6.07, 6.45) is 4.07. The first-order valence-corrected chi connectivity index (χ1v) is 5.73. The fourth-order valence-electron chi connectivity index (χ4n) is 0.891. The maximum Gasteiger partial charge on any atom is 0.104 e. The third kappa shape index (κ3) is 4.63. The molecule has 0 aromatic heterocycles. The summed E-state index contributed by atoms with van der Waals surface area (Å²) in [6, 6.07) is 2.32. The predicted molar refractivity (Wildman–Crippen MR) is 55.3 cm³/mol. The Bertz CT molecular complexity index is 143. The second-order valence-corrected chi connectivity index (χ2v) is 4.10. The Morgan fingerprint density at radius 1 is 1.58 bits per heavy atom. The topological polar surface area (TPSA) is 35.8 Å². The number of hydrogen-bond donors (Lipinski definition) is 1. The van der Waals surface area contributed by atoms with Crippen molar-refractivity contribution in [1.82, 2.24) is 5.32 Å². The van der Waals surface area contributed by atoms with Gasteiger partial charge in [-0.05, 0) is 38.3 Å². The van der Waals surface area contributed by atoms with E-state index >= 15 is 0 Å². The lowest BCUT2D eigenvalue weighted by molar-refractivity contribution is 0.438. The van der Waals surface area contributed by atoms with Crippen LogP contribution in [0.25, 0.3) is 0 Å². The van der Waals surface area contributed by atoms with Crippen LogP contribution in [0.2, 0.25) is 0 Å². The van der Waals surface area contributed by atoms with Crippen LogP contribution >= 0.6 is 11.8 Å². The first kappa shape index (κ1) is 11.8. The van der Waals surface area contributed by atoms with E-state index in [0.29, 0.717) is 0 Å². The molecule has 1 N–H and O–H groups in total. The fraction of sp³-hybridized carbons (Fsp3) is 0.889. The quantitative estimate of drug-likeness (QED) is 0.689. The zero-order chi connectivity index (χ0) is 9.45. The predicted octanol–water partition coefficient (Wildman–Crippen LogP) is 2.02. The van der Waals surface area contributed by atoms with Crippen molar-refractivity contribution < 1.29 is 0 Å². The third-order valence-electron chi connectivity index (χ3n) is 1.82. The SMILES string of the molecule is CCCNC(C)(C#N)CCSC. The van der Waals surface area contributed by atoms with Crippen molar-refractivity contribution in [3.8, 4) is 6.07 Å². The van der Waals surface area contributed by atoms with E-state index in [1.54, 1.807) is 11.8 Å². The summed E-state index contributed by atoms with van der Waals surface area (Å²) in [4.78, 5) is 0. The largest absolute Gasteiger partial charge is 0.300 e. The van der Waals surface area contributed by atoms with Gasteiger partial charge in [-0.2, -0.15) is 17.0 Å². The Labute approximate surface area is 79.7 Å². The van der Waals surface area contributed by atoms with E-state index in [0.717, 1.165) is 25.1 Å². The maximum atomic E-state index is 8.92. The van der Waals surface area contributed by atoms with Gasteiger partial charge < -0.3 is 0 Å². The Kier molecular flexibility index (Phi) is 6.23. The second-order valence-electron chi connectivity index (χ2n) is 3.11. The van der Waals surface area contributed by atoms with Crippen LogP contribution in [-0.4, -0.2) is 24.1 Å². The summed E-state index contributed by atoms with van der Waals surface area (Å²) in [5.74, 6) is 1.04. The molecule has 0 amide bonds. The van der Waals surface area contributed by atoms with Crippen LogP contribution in [0.4, 0.5) is 0 Å². The Morgan fingerprint density at radius 2 is 2.25 bits per heavy atom. The van der Waals surface area contributed by atoms with Crippen molar-refractivity contribution in [3.05, 3.63) is 0 Å². The molecule has 3 heteroatoms. The first-order chi connectivity index (χ1) is 5.68. The van der Waals surface area contributed by atoms with Gasteiger partial charge in [-0.25, -0.2) is 0 Å². The molecule has 0 saturated carbocycles. The van der Waals surface area contributed by atoms with Gasteiger partial charge in [-0.15, -0.1) is 0 Å². The zero-order valence-electron chi connectivity index (χ0n) is 8.18. The molecule has 0 aliphatic heterocycles. The number of nitriles is 1. The number of hydrogen-bond acceptors (Lipinski definition) is 3. The van der Waals surface area contributed by atoms with Crippen molar-refractivity contribution >= 4 is 11.8 Å². The molecule has 0 saturated heterocycles. The van der Waals surface area contributed by atoms with Crippen LogP contribution in [0.5, 0.6) is 0 Å². The van der Waals surface area contributed by atoms with Crippen LogP contribution < -0.4 is 5.32 Å². The van der Waals surface area contributed by atoms with Crippen molar-refractivity contribution in [3.63, 3.8) is 0 Å². The van der Waals surface area contributed by atoms with E-state index in [-0.39, 0.29) is 5.54 Å². The van der Waals surface area contributed by atoms with Gasteiger partial charge in [0, 0.05) is 0 Å². The molecule has 0 aromatic carbocycles. The molecule has 12 heavy (non-hydrogen) atoms. The first-order valence-electron chi connectivity index (χ1n) is 4.33. The van der Waals surface area contributed by atoms with E-state index < -0.39 is 0 Å². The highest BCUT2D eigenvalue weighted by Gasteiger charge is 2.21. The standard InChI is InChI=1S/C9H18N2S/c1-4-6-11-9(2,8-10)5-7-12-3/h11H,4-7H2,1-3H3. The summed E-state index contributed by atoms with van der Waals surface area (Å²) in [5.41, 5.74) is -0.320. The molecule has 1 atom stereocenters. The molecule has 0 rings (SSSR count). The molecule has 0 spiro atoms. The molecule has 0 aromatic rings. The Morgan fingerprint density at radius 3 is 2.67 bits per heavy atom. The Hall–Kier alpha value is -0.200. The molecule has 0 heterocycles. The molecule has 70 valence electrons. The van der Waals surface area contributed by atoms with Crippen LogP contribution in [0.3, 0.4) is 0 Å². The van der Waals surface area contributed by atoms with Gasteiger partial charge in [0.15, 0.2) is 0 Å². The van der Waals surface area contributed by atoms with Gasteiger partial charge in [-0.1, -0.05) is 6.92 Å². The lowest BCUT2D eigenvalue weighted by atomic mass is 10.0. The van der Waals surface area contributed by atoms with Crippen LogP contribution in [0.1, 0.15) is 26.7 Å². The summed E-state index contributed by atoms with van der Waals surface area (Å²) in [6.45, 7) is 5.01. The van der Waals surface area contributed by atoms with Crippen molar-refractivity contribution in [2.24, 2.45) is 0 Å². The highest BCUT2D eigenvalue weighted by atomic mass is 32.2. The fourth-order valence-corrected chi connectivity index (χ4v) is 1.50. The molecule has 0 fully saturated rings. The van der Waals surface area contributed by atoms with E-state index in [9.17, 15) is 0 Å². The number of nitrogens with one attached hydrogen (secondary N) is 1.